The SMILES string of the molecule is CNc1cc(C(=O)NCC(=O)NCCOC)cc(Cl)n1. The fourth-order valence-electron chi connectivity index (χ4n) is 1.37. The highest BCUT2D eigenvalue weighted by atomic mass is 35.5. The first-order valence-electron chi connectivity index (χ1n) is 5.96. The topological polar surface area (TPSA) is 92.4 Å². The van der Waals surface area contributed by atoms with Crippen LogP contribution >= 0.6 is 11.6 Å². The highest BCUT2D eigenvalue weighted by Crippen LogP contribution is 2.13. The molecular formula is C12H17ClN4O3. The second kappa shape index (κ2) is 8.34. The minimum atomic E-state index is -0.396. The van der Waals surface area contributed by atoms with Gasteiger partial charge in [0.15, 0.2) is 0 Å². The molecule has 0 radical (unpaired) electrons. The number of amides is 2. The van der Waals surface area contributed by atoms with E-state index in [1.165, 1.54) is 6.07 Å². The van der Waals surface area contributed by atoms with E-state index >= 15 is 0 Å². The van der Waals surface area contributed by atoms with Crippen LogP contribution in [0.5, 0.6) is 0 Å². The lowest BCUT2D eigenvalue weighted by molar-refractivity contribution is -0.120. The highest BCUT2D eigenvalue weighted by Gasteiger charge is 2.10. The fraction of sp³-hybridized carbons (Fsp3) is 0.417. The number of hydrogen-bond donors (Lipinski definition) is 3. The Bertz CT molecular complexity index is 482. The summed E-state index contributed by atoms with van der Waals surface area (Å²) in [6.45, 7) is 0.707. The van der Waals surface area contributed by atoms with Gasteiger partial charge in [0.05, 0.1) is 13.2 Å². The van der Waals surface area contributed by atoms with Gasteiger partial charge in [-0.25, -0.2) is 4.98 Å². The summed E-state index contributed by atoms with van der Waals surface area (Å²) in [5.74, 6) is -0.204. The summed E-state index contributed by atoms with van der Waals surface area (Å²) >= 11 is 5.80. The zero-order valence-electron chi connectivity index (χ0n) is 11.3. The van der Waals surface area contributed by atoms with E-state index in [1.807, 2.05) is 0 Å². The molecule has 3 N–H and O–H groups in total. The maximum atomic E-state index is 11.9. The molecule has 0 fully saturated rings. The quantitative estimate of drug-likeness (QED) is 0.496. The first kappa shape index (κ1) is 16.2. The molecule has 1 aromatic rings. The molecule has 2 amide bonds. The van der Waals surface area contributed by atoms with Gasteiger partial charge >= 0.3 is 0 Å². The largest absolute Gasteiger partial charge is 0.383 e. The van der Waals surface area contributed by atoms with Crippen LogP contribution in [0, 0.1) is 0 Å². The smallest absolute Gasteiger partial charge is 0.251 e. The van der Waals surface area contributed by atoms with Crippen LogP contribution in [0.25, 0.3) is 0 Å². The van der Waals surface area contributed by atoms with Crippen molar-refractivity contribution in [3.8, 4) is 0 Å². The van der Waals surface area contributed by atoms with Crippen LogP contribution in [0.4, 0.5) is 5.82 Å². The van der Waals surface area contributed by atoms with E-state index in [0.29, 0.717) is 24.5 Å². The van der Waals surface area contributed by atoms with Crippen molar-refractivity contribution in [2.24, 2.45) is 0 Å². The number of pyridine rings is 1. The molecule has 0 saturated carbocycles. The van der Waals surface area contributed by atoms with Gasteiger partial charge in [-0.2, -0.15) is 0 Å². The Kier molecular flexibility index (Phi) is 6.75. The Morgan fingerprint density at radius 2 is 2.10 bits per heavy atom. The number of ether oxygens (including phenoxy) is 1. The first-order valence-corrected chi connectivity index (χ1v) is 6.33. The number of halogens is 1. The third-order valence-corrected chi connectivity index (χ3v) is 2.54. The summed E-state index contributed by atoms with van der Waals surface area (Å²) < 4.78 is 4.80. The molecule has 0 unspecified atom stereocenters. The molecule has 0 aliphatic heterocycles. The van der Waals surface area contributed by atoms with E-state index in [4.69, 9.17) is 16.3 Å². The molecule has 1 aromatic heterocycles. The van der Waals surface area contributed by atoms with Crippen molar-refractivity contribution in [2.75, 3.05) is 39.2 Å². The molecule has 20 heavy (non-hydrogen) atoms. The summed E-state index contributed by atoms with van der Waals surface area (Å²) in [5, 5.41) is 8.09. The lowest BCUT2D eigenvalue weighted by Gasteiger charge is -2.08. The molecule has 0 aliphatic carbocycles. The highest BCUT2D eigenvalue weighted by molar-refractivity contribution is 6.29. The standard InChI is InChI=1S/C12H17ClN4O3/c1-14-10-6-8(5-9(13)17-10)12(19)16-7-11(18)15-3-4-20-2/h5-6H,3-4,7H2,1-2H3,(H,14,17)(H,15,18)(H,16,19). The summed E-state index contributed by atoms with van der Waals surface area (Å²) in [6.07, 6.45) is 0. The monoisotopic (exact) mass is 300 g/mol. The minimum Gasteiger partial charge on any atom is -0.383 e. The van der Waals surface area contributed by atoms with Crippen molar-refractivity contribution in [3.63, 3.8) is 0 Å². The van der Waals surface area contributed by atoms with Crippen molar-refractivity contribution < 1.29 is 14.3 Å². The molecule has 0 spiro atoms. The Morgan fingerprint density at radius 3 is 2.75 bits per heavy atom. The van der Waals surface area contributed by atoms with E-state index in [1.54, 1.807) is 20.2 Å². The molecule has 0 aromatic carbocycles. The predicted octanol–water partition coefficient (Wildman–Crippen LogP) is 0.269. The Hall–Kier alpha value is -1.86. The van der Waals surface area contributed by atoms with Crippen LogP contribution in [-0.4, -0.2) is 50.7 Å². The molecule has 0 aliphatic rings. The van der Waals surface area contributed by atoms with Gasteiger partial charge in [0.25, 0.3) is 5.91 Å². The molecule has 0 saturated heterocycles. The summed E-state index contributed by atoms with van der Waals surface area (Å²) in [6, 6.07) is 2.98. The van der Waals surface area contributed by atoms with E-state index in [9.17, 15) is 9.59 Å². The van der Waals surface area contributed by atoms with E-state index in [0.717, 1.165) is 0 Å². The van der Waals surface area contributed by atoms with Crippen LogP contribution < -0.4 is 16.0 Å². The van der Waals surface area contributed by atoms with Crippen LogP contribution in [0.1, 0.15) is 10.4 Å². The maximum absolute atomic E-state index is 11.9. The average Bonchev–Trinajstić information content (AvgIpc) is 2.44. The maximum Gasteiger partial charge on any atom is 0.251 e. The lowest BCUT2D eigenvalue weighted by Crippen LogP contribution is -2.38. The van der Waals surface area contributed by atoms with E-state index < -0.39 is 5.91 Å². The molecule has 8 heteroatoms. The summed E-state index contributed by atoms with van der Waals surface area (Å²) in [5.41, 5.74) is 0.332. The molecule has 0 atom stereocenters. The number of rotatable bonds is 7. The van der Waals surface area contributed by atoms with Crippen molar-refractivity contribution in [2.45, 2.75) is 0 Å². The van der Waals surface area contributed by atoms with Crippen molar-refractivity contribution in [1.82, 2.24) is 15.6 Å². The Balaban J connectivity index is 2.50. The molecular weight excluding hydrogens is 284 g/mol. The third kappa shape index (κ3) is 5.41. The zero-order chi connectivity index (χ0) is 15.0. The number of carbonyl (C=O) groups excluding carboxylic acids is 2. The Morgan fingerprint density at radius 1 is 1.35 bits per heavy atom. The number of hydrogen-bond acceptors (Lipinski definition) is 5. The number of nitrogens with zero attached hydrogens (tertiary/aromatic N) is 1. The van der Waals surface area contributed by atoms with Crippen LogP contribution in [0.2, 0.25) is 5.15 Å². The molecule has 7 nitrogen and oxygen atoms in total. The minimum absolute atomic E-state index is 0.114. The Labute approximate surface area is 122 Å². The number of anilines is 1. The van der Waals surface area contributed by atoms with Crippen LogP contribution in [0.15, 0.2) is 12.1 Å². The number of methoxy groups -OCH3 is 1. The second-order valence-electron chi connectivity index (χ2n) is 3.84. The van der Waals surface area contributed by atoms with E-state index in [2.05, 4.69) is 20.9 Å². The number of nitrogens with one attached hydrogen (secondary N) is 3. The van der Waals surface area contributed by atoms with E-state index in [-0.39, 0.29) is 17.6 Å². The molecule has 0 bridgehead atoms. The van der Waals surface area contributed by atoms with Gasteiger partial charge in [-0.1, -0.05) is 11.6 Å². The summed E-state index contributed by atoms with van der Waals surface area (Å²) in [7, 11) is 3.21. The molecule has 110 valence electrons. The van der Waals surface area contributed by atoms with Crippen LogP contribution in [-0.2, 0) is 9.53 Å². The molecule has 1 heterocycles. The van der Waals surface area contributed by atoms with Gasteiger partial charge in [0, 0.05) is 26.3 Å². The average molecular weight is 301 g/mol. The first-order chi connectivity index (χ1) is 9.56. The molecule has 1 rings (SSSR count). The number of aromatic nitrogens is 1. The fourth-order valence-corrected chi connectivity index (χ4v) is 1.58. The van der Waals surface area contributed by atoms with Crippen molar-refractivity contribution in [1.29, 1.82) is 0 Å². The predicted molar refractivity (Wildman–Crippen MR) is 76.0 cm³/mol. The second-order valence-corrected chi connectivity index (χ2v) is 4.23. The number of carbonyl (C=O) groups is 2. The van der Waals surface area contributed by atoms with Gasteiger partial charge in [0.2, 0.25) is 5.91 Å². The van der Waals surface area contributed by atoms with Gasteiger partial charge in [0.1, 0.15) is 11.0 Å². The third-order valence-electron chi connectivity index (χ3n) is 2.35. The van der Waals surface area contributed by atoms with Crippen molar-refractivity contribution >= 4 is 29.2 Å². The van der Waals surface area contributed by atoms with Gasteiger partial charge in [-0.15, -0.1) is 0 Å². The van der Waals surface area contributed by atoms with Gasteiger partial charge in [-0.05, 0) is 12.1 Å². The summed E-state index contributed by atoms with van der Waals surface area (Å²) in [4.78, 5) is 27.2. The lowest BCUT2D eigenvalue weighted by atomic mass is 10.2. The van der Waals surface area contributed by atoms with Crippen LogP contribution in [0.3, 0.4) is 0 Å². The normalized spacial score (nSPS) is 9.95. The van der Waals surface area contributed by atoms with Gasteiger partial charge in [-0.3, -0.25) is 9.59 Å². The zero-order valence-corrected chi connectivity index (χ0v) is 12.1. The van der Waals surface area contributed by atoms with Gasteiger partial charge < -0.3 is 20.7 Å². The van der Waals surface area contributed by atoms with Crippen molar-refractivity contribution in [3.05, 3.63) is 22.8 Å².